The lowest BCUT2D eigenvalue weighted by Gasteiger charge is -2.65. The minimum Gasteiger partial charge on any atom is -0.489 e. The third kappa shape index (κ3) is 6.89. The molecule has 3 saturated heterocycles. The summed E-state index contributed by atoms with van der Waals surface area (Å²) in [5.74, 6) is -1.37. The molecule has 1 N–H and O–H groups in total. The molecule has 6 aliphatic rings. The number of halogens is 1. The van der Waals surface area contributed by atoms with Crippen molar-refractivity contribution in [1.29, 1.82) is 5.26 Å². The summed E-state index contributed by atoms with van der Waals surface area (Å²) in [6.45, 7) is 14.8. The van der Waals surface area contributed by atoms with Gasteiger partial charge in [0.2, 0.25) is 11.8 Å². The van der Waals surface area contributed by atoms with Crippen molar-refractivity contribution in [3.05, 3.63) is 87.4 Å². The number of fused-ring (bicyclic) bond motifs is 2. The number of anilines is 2. The Labute approximate surface area is 366 Å². The number of carbonyl (C=O) groups is 5. The maximum atomic E-state index is 14.0. The first-order valence-electron chi connectivity index (χ1n) is 21.5. The molecule has 14 nitrogen and oxygen atoms in total. The van der Waals surface area contributed by atoms with E-state index >= 15 is 0 Å². The minimum absolute atomic E-state index is 0.0504. The molecular weight excluding hydrogens is 810 g/mol. The largest absolute Gasteiger partial charge is 0.489 e. The number of rotatable bonds is 9. The second kappa shape index (κ2) is 15.4. The van der Waals surface area contributed by atoms with Gasteiger partial charge < -0.3 is 24.2 Å². The number of imide groups is 2. The Balaban J connectivity index is 0.791. The summed E-state index contributed by atoms with van der Waals surface area (Å²) in [6, 6.07) is 17.7. The predicted octanol–water partition coefficient (Wildman–Crippen LogP) is 5.26. The molecule has 3 aromatic rings. The van der Waals surface area contributed by atoms with Crippen LogP contribution in [0.3, 0.4) is 0 Å². The van der Waals surface area contributed by atoms with Crippen molar-refractivity contribution >= 4 is 52.5 Å². The van der Waals surface area contributed by atoms with Crippen molar-refractivity contribution in [1.82, 2.24) is 20.0 Å². The normalized spacial score (nSPS) is 25.3. The molecule has 5 heterocycles. The Morgan fingerprint density at radius 2 is 1.44 bits per heavy atom. The number of piperidine rings is 2. The number of amides is 5. The first-order valence-corrected chi connectivity index (χ1v) is 21.9. The molecule has 1 aliphatic carbocycles. The molecule has 4 fully saturated rings. The number of hydrogen-bond acceptors (Lipinski definition) is 11. The number of hydrogen-bond donors (Lipinski definition) is 1. The number of nitrogens with zero attached hydrogens (tertiary/aromatic N) is 6. The highest BCUT2D eigenvalue weighted by Crippen LogP contribution is 2.59. The van der Waals surface area contributed by atoms with E-state index in [0.29, 0.717) is 36.0 Å². The smallest absolute Gasteiger partial charge is 0.262 e. The van der Waals surface area contributed by atoms with Crippen LogP contribution in [0.4, 0.5) is 11.4 Å². The average Bonchev–Trinajstić information content (AvgIpc) is 3.69. The molecule has 1 unspecified atom stereocenters. The Morgan fingerprint density at radius 3 is 2.08 bits per heavy atom. The molecular formula is C47H52ClN7O7. The number of ether oxygens (including phenoxy) is 2. The molecule has 0 spiro atoms. The van der Waals surface area contributed by atoms with Gasteiger partial charge in [-0.3, -0.25) is 39.1 Å². The van der Waals surface area contributed by atoms with Crippen molar-refractivity contribution in [3.63, 3.8) is 0 Å². The SMILES string of the molecule is COC1(CN2CCN(c3ccc4c(c3)CN(C3C(C)(C)C(Oc5ccc(C#N)c(Cl)c5)C3(C)C)C4=O)CC2)CCN(c2ccc3c(c2)C(=O)N(C2CCC(=O)NC2=O)C3=O)CC1. The van der Waals surface area contributed by atoms with Crippen molar-refractivity contribution in [2.45, 2.75) is 83.7 Å². The van der Waals surface area contributed by atoms with Crippen LogP contribution < -0.4 is 19.9 Å². The standard InChI is InChI=1S/C47H52ClN7O7/c1-45(2)43(46(3,4)44(45)62-32-9-6-28(25-49)36(48)24-32)54-26-29-22-30(7-10-33(29)40(54)58)53-20-18-51(19-21-53)27-47(61-5)14-16-52(17-15-47)31-8-11-34-35(23-31)42(60)55(41(34)59)37-12-13-38(56)50-39(37)57/h6-11,22-24,37,43-44H,12-21,26-27H2,1-5H3,(H,50,56,57). The van der Waals surface area contributed by atoms with Gasteiger partial charge in [0.05, 0.1) is 27.3 Å². The fourth-order valence-corrected chi connectivity index (χ4v) is 11.8. The molecule has 0 radical (unpaired) electrons. The number of methoxy groups -OCH3 is 1. The van der Waals surface area contributed by atoms with Crippen LogP contribution in [-0.4, -0.2) is 121 Å². The zero-order valence-corrected chi connectivity index (χ0v) is 36.6. The van der Waals surface area contributed by atoms with Crippen LogP contribution in [0.25, 0.3) is 0 Å². The van der Waals surface area contributed by atoms with Crippen LogP contribution in [0.15, 0.2) is 54.6 Å². The van der Waals surface area contributed by atoms with E-state index in [1.165, 1.54) is 0 Å². The average molecular weight is 862 g/mol. The summed E-state index contributed by atoms with van der Waals surface area (Å²) in [6.07, 6.45) is 1.60. The van der Waals surface area contributed by atoms with Crippen molar-refractivity contribution in [2.75, 3.05) is 62.7 Å². The van der Waals surface area contributed by atoms with Gasteiger partial charge in [-0.15, -0.1) is 0 Å². The summed E-state index contributed by atoms with van der Waals surface area (Å²) in [4.78, 5) is 75.0. The lowest BCUT2D eigenvalue weighted by molar-refractivity contribution is -0.199. The highest BCUT2D eigenvalue weighted by molar-refractivity contribution is 6.31. The van der Waals surface area contributed by atoms with Gasteiger partial charge in [-0.25, -0.2) is 0 Å². The van der Waals surface area contributed by atoms with Gasteiger partial charge in [-0.1, -0.05) is 39.3 Å². The maximum absolute atomic E-state index is 14.0. The quantitative estimate of drug-likeness (QED) is 0.280. The first-order chi connectivity index (χ1) is 29.5. The van der Waals surface area contributed by atoms with Crippen LogP contribution in [0.1, 0.15) is 95.6 Å². The zero-order chi connectivity index (χ0) is 43.9. The van der Waals surface area contributed by atoms with Crippen LogP contribution in [-0.2, 0) is 20.9 Å². The molecule has 0 aromatic heterocycles. The fourth-order valence-electron chi connectivity index (χ4n) is 11.6. The van der Waals surface area contributed by atoms with E-state index in [1.807, 2.05) is 17.0 Å². The van der Waals surface area contributed by atoms with E-state index in [0.717, 1.165) is 73.0 Å². The lowest BCUT2D eigenvalue weighted by atomic mass is 9.49. The van der Waals surface area contributed by atoms with Gasteiger partial charge in [0, 0.05) is 106 Å². The van der Waals surface area contributed by atoms with E-state index in [4.69, 9.17) is 21.1 Å². The summed E-state index contributed by atoms with van der Waals surface area (Å²) in [7, 11) is 1.79. The maximum Gasteiger partial charge on any atom is 0.262 e. The molecule has 3 aromatic carbocycles. The zero-order valence-electron chi connectivity index (χ0n) is 35.8. The Morgan fingerprint density at radius 1 is 0.790 bits per heavy atom. The summed E-state index contributed by atoms with van der Waals surface area (Å²) < 4.78 is 12.8. The highest BCUT2D eigenvalue weighted by atomic mass is 35.5. The number of carbonyl (C=O) groups excluding carboxylic acids is 5. The summed E-state index contributed by atoms with van der Waals surface area (Å²) in [5, 5.41) is 11.9. The van der Waals surface area contributed by atoms with Crippen LogP contribution >= 0.6 is 11.6 Å². The van der Waals surface area contributed by atoms with E-state index in [9.17, 15) is 29.2 Å². The molecule has 5 aliphatic heterocycles. The highest BCUT2D eigenvalue weighted by Gasteiger charge is 2.67. The molecule has 1 saturated carbocycles. The van der Waals surface area contributed by atoms with E-state index in [1.54, 1.807) is 37.4 Å². The van der Waals surface area contributed by atoms with Gasteiger partial charge in [0.1, 0.15) is 24.0 Å². The first kappa shape index (κ1) is 41.8. The Bertz CT molecular complexity index is 2410. The monoisotopic (exact) mass is 861 g/mol. The lowest BCUT2D eigenvalue weighted by Crippen LogP contribution is -2.74. The van der Waals surface area contributed by atoms with Gasteiger partial charge in [-0.2, -0.15) is 5.26 Å². The molecule has 9 rings (SSSR count). The number of nitrogens with one attached hydrogen (secondary N) is 1. The molecule has 5 amide bonds. The van der Waals surface area contributed by atoms with E-state index in [2.05, 4.69) is 65.9 Å². The molecule has 324 valence electrons. The third-order valence-corrected chi connectivity index (χ3v) is 14.8. The molecule has 15 heteroatoms. The van der Waals surface area contributed by atoms with Crippen molar-refractivity contribution in [3.8, 4) is 11.8 Å². The molecule has 0 bridgehead atoms. The Kier molecular flexibility index (Phi) is 10.4. The van der Waals surface area contributed by atoms with Crippen molar-refractivity contribution < 1.29 is 33.4 Å². The third-order valence-electron chi connectivity index (χ3n) is 14.5. The summed E-state index contributed by atoms with van der Waals surface area (Å²) >= 11 is 6.31. The van der Waals surface area contributed by atoms with Crippen molar-refractivity contribution in [2.24, 2.45) is 10.8 Å². The minimum atomic E-state index is -0.995. The van der Waals surface area contributed by atoms with Gasteiger partial charge >= 0.3 is 0 Å². The van der Waals surface area contributed by atoms with E-state index < -0.39 is 29.7 Å². The number of benzene rings is 3. The van der Waals surface area contributed by atoms with Crippen LogP contribution in [0.5, 0.6) is 5.75 Å². The summed E-state index contributed by atoms with van der Waals surface area (Å²) in [5.41, 5.74) is 3.70. The van der Waals surface area contributed by atoms with E-state index in [-0.39, 0.29) is 58.5 Å². The van der Waals surface area contributed by atoms with Gasteiger partial charge in [-0.05, 0) is 73.4 Å². The topological polar surface area (TPSA) is 156 Å². The Hall–Kier alpha value is -5.49. The second-order valence-corrected chi connectivity index (χ2v) is 19.3. The number of nitriles is 1. The molecule has 1 atom stereocenters. The molecule has 62 heavy (non-hydrogen) atoms. The second-order valence-electron chi connectivity index (χ2n) is 18.9. The fraction of sp³-hybridized carbons (Fsp3) is 0.489. The predicted molar refractivity (Wildman–Crippen MR) is 231 cm³/mol. The van der Waals surface area contributed by atoms with Gasteiger partial charge in [0.25, 0.3) is 17.7 Å². The van der Waals surface area contributed by atoms with Crippen LogP contribution in [0, 0.1) is 22.2 Å². The van der Waals surface area contributed by atoms with Crippen LogP contribution in [0.2, 0.25) is 5.02 Å². The number of piperazine rings is 1. The van der Waals surface area contributed by atoms with Gasteiger partial charge in [0.15, 0.2) is 0 Å².